The molecule has 0 saturated carbocycles. The molecule has 84 valence electrons. The van der Waals surface area contributed by atoms with Gasteiger partial charge in [-0.25, -0.2) is 9.89 Å². The summed E-state index contributed by atoms with van der Waals surface area (Å²) >= 11 is 0. The van der Waals surface area contributed by atoms with Crippen LogP contribution in [0.15, 0.2) is 27.4 Å². The van der Waals surface area contributed by atoms with E-state index >= 15 is 0 Å². The van der Waals surface area contributed by atoms with Gasteiger partial charge in [-0.05, 0) is 12.1 Å². The summed E-state index contributed by atoms with van der Waals surface area (Å²) < 4.78 is 15.0. The molecule has 0 spiro atoms. The molecule has 6 heteroatoms. The quantitative estimate of drug-likeness (QED) is 0.839. The maximum Gasteiger partial charge on any atom is 0.434 e. The highest BCUT2D eigenvalue weighted by Crippen LogP contribution is 2.27. The number of nitrogens with zero attached hydrogens (tertiary/aromatic N) is 1. The predicted octanol–water partition coefficient (Wildman–Crippen LogP) is 1.05. The monoisotopic (exact) mass is 222 g/mol. The lowest BCUT2D eigenvalue weighted by atomic mass is 10.2. The molecule has 0 aliphatic carbocycles. The fraction of sp³-hybridized carbons (Fsp3) is 0.200. The highest BCUT2D eigenvalue weighted by molar-refractivity contribution is 5.59. The number of benzene rings is 1. The summed E-state index contributed by atoms with van der Waals surface area (Å²) in [5, 5.41) is 5.91. The van der Waals surface area contributed by atoms with E-state index in [0.29, 0.717) is 17.1 Å². The fourth-order valence-corrected chi connectivity index (χ4v) is 1.28. The average Bonchev–Trinajstić information content (AvgIpc) is 2.75. The van der Waals surface area contributed by atoms with Gasteiger partial charge in [0, 0.05) is 11.6 Å². The second-order valence-corrected chi connectivity index (χ2v) is 3.02. The summed E-state index contributed by atoms with van der Waals surface area (Å²) in [6.07, 6.45) is 0. The van der Waals surface area contributed by atoms with Crippen LogP contribution >= 0.6 is 0 Å². The standard InChI is InChI=1S/C10H10N2O4/c1-14-7-3-6(4-8(5-7)15-2)9-11-12-10(13)16-9/h3-5H,1-2H3,(H,12,13). The third kappa shape index (κ3) is 1.90. The van der Waals surface area contributed by atoms with Gasteiger partial charge >= 0.3 is 5.76 Å². The zero-order chi connectivity index (χ0) is 11.5. The van der Waals surface area contributed by atoms with Crippen LogP contribution in [0.2, 0.25) is 0 Å². The SMILES string of the molecule is COc1cc(OC)cc(-c2n[nH]c(=O)o2)c1. The number of methoxy groups -OCH3 is 2. The summed E-state index contributed by atoms with van der Waals surface area (Å²) in [6.45, 7) is 0. The number of rotatable bonds is 3. The van der Waals surface area contributed by atoms with Gasteiger partial charge in [-0.3, -0.25) is 0 Å². The summed E-state index contributed by atoms with van der Waals surface area (Å²) in [4.78, 5) is 10.8. The zero-order valence-corrected chi connectivity index (χ0v) is 8.81. The summed E-state index contributed by atoms with van der Waals surface area (Å²) in [5.41, 5.74) is 0.606. The van der Waals surface area contributed by atoms with E-state index in [-0.39, 0.29) is 5.89 Å². The first-order valence-electron chi connectivity index (χ1n) is 4.52. The van der Waals surface area contributed by atoms with Crippen LogP contribution in [-0.4, -0.2) is 24.4 Å². The third-order valence-corrected chi connectivity index (χ3v) is 2.04. The number of aromatic nitrogens is 2. The van der Waals surface area contributed by atoms with Crippen LogP contribution < -0.4 is 15.2 Å². The van der Waals surface area contributed by atoms with Crippen molar-refractivity contribution in [2.45, 2.75) is 0 Å². The Bertz CT molecular complexity index is 521. The van der Waals surface area contributed by atoms with E-state index in [2.05, 4.69) is 10.2 Å². The van der Waals surface area contributed by atoms with Gasteiger partial charge in [0.25, 0.3) is 0 Å². The topological polar surface area (TPSA) is 77.4 Å². The molecule has 0 aliphatic heterocycles. The molecule has 1 aromatic heterocycles. The summed E-state index contributed by atoms with van der Waals surface area (Å²) in [5.74, 6) is 0.791. The van der Waals surface area contributed by atoms with Gasteiger partial charge in [-0.2, -0.15) is 0 Å². The number of hydrogen-bond acceptors (Lipinski definition) is 5. The molecule has 6 nitrogen and oxygen atoms in total. The Morgan fingerprint density at radius 1 is 1.19 bits per heavy atom. The van der Waals surface area contributed by atoms with Gasteiger partial charge in [0.15, 0.2) is 0 Å². The molecule has 0 radical (unpaired) electrons. The molecule has 1 N–H and O–H groups in total. The molecule has 1 heterocycles. The van der Waals surface area contributed by atoms with E-state index in [4.69, 9.17) is 13.9 Å². The minimum absolute atomic E-state index is 0.196. The highest BCUT2D eigenvalue weighted by Gasteiger charge is 2.09. The largest absolute Gasteiger partial charge is 0.497 e. The molecular formula is C10H10N2O4. The van der Waals surface area contributed by atoms with Crippen LogP contribution in [0, 0.1) is 0 Å². The number of H-pyrrole nitrogens is 1. The lowest BCUT2D eigenvalue weighted by Gasteiger charge is -2.05. The Labute approximate surface area is 90.8 Å². The molecule has 0 bridgehead atoms. The molecule has 0 fully saturated rings. The second kappa shape index (κ2) is 4.09. The number of hydrogen-bond donors (Lipinski definition) is 1. The Hall–Kier alpha value is -2.24. The molecular weight excluding hydrogens is 212 g/mol. The Morgan fingerprint density at radius 2 is 1.81 bits per heavy atom. The van der Waals surface area contributed by atoms with Crippen molar-refractivity contribution in [3.8, 4) is 23.0 Å². The first-order valence-corrected chi connectivity index (χ1v) is 4.52. The summed E-state index contributed by atoms with van der Waals surface area (Å²) in [7, 11) is 3.08. The van der Waals surface area contributed by atoms with E-state index in [1.165, 1.54) is 0 Å². The molecule has 1 aromatic carbocycles. The third-order valence-electron chi connectivity index (χ3n) is 2.04. The van der Waals surface area contributed by atoms with Crippen molar-refractivity contribution in [1.82, 2.24) is 10.2 Å². The minimum Gasteiger partial charge on any atom is -0.497 e. The number of nitrogens with one attached hydrogen (secondary N) is 1. The molecule has 16 heavy (non-hydrogen) atoms. The Kier molecular flexibility index (Phi) is 2.63. The van der Waals surface area contributed by atoms with E-state index in [0.717, 1.165) is 0 Å². The van der Waals surface area contributed by atoms with Crippen molar-refractivity contribution in [3.05, 3.63) is 28.7 Å². The van der Waals surface area contributed by atoms with Gasteiger partial charge in [-0.15, -0.1) is 5.10 Å². The van der Waals surface area contributed by atoms with Gasteiger partial charge in [0.2, 0.25) is 5.89 Å². The normalized spacial score (nSPS) is 10.1. The van der Waals surface area contributed by atoms with Crippen molar-refractivity contribution in [1.29, 1.82) is 0 Å². The van der Waals surface area contributed by atoms with Crippen LogP contribution in [0.1, 0.15) is 0 Å². The molecule has 2 aromatic rings. The van der Waals surface area contributed by atoms with Crippen molar-refractivity contribution >= 4 is 0 Å². The first kappa shape index (κ1) is 10.3. The van der Waals surface area contributed by atoms with Gasteiger partial charge in [0.05, 0.1) is 14.2 Å². The van der Waals surface area contributed by atoms with Crippen molar-refractivity contribution in [2.75, 3.05) is 14.2 Å². The van der Waals surface area contributed by atoms with E-state index < -0.39 is 5.76 Å². The molecule has 2 rings (SSSR count). The van der Waals surface area contributed by atoms with Crippen molar-refractivity contribution in [3.63, 3.8) is 0 Å². The highest BCUT2D eigenvalue weighted by atomic mass is 16.5. The van der Waals surface area contributed by atoms with E-state index in [1.807, 2.05) is 0 Å². The maximum absolute atomic E-state index is 10.8. The van der Waals surface area contributed by atoms with Crippen LogP contribution in [0.3, 0.4) is 0 Å². The minimum atomic E-state index is -0.600. The molecule has 0 saturated heterocycles. The Morgan fingerprint density at radius 3 is 2.25 bits per heavy atom. The molecule has 0 unspecified atom stereocenters. The lowest BCUT2D eigenvalue weighted by molar-refractivity contribution is 0.394. The molecule has 0 aliphatic rings. The predicted molar refractivity (Wildman–Crippen MR) is 55.7 cm³/mol. The van der Waals surface area contributed by atoms with Gasteiger partial charge < -0.3 is 13.9 Å². The lowest BCUT2D eigenvalue weighted by Crippen LogP contribution is -1.93. The van der Waals surface area contributed by atoms with E-state index in [1.54, 1.807) is 32.4 Å². The van der Waals surface area contributed by atoms with E-state index in [9.17, 15) is 4.79 Å². The van der Waals surface area contributed by atoms with Gasteiger partial charge in [0.1, 0.15) is 11.5 Å². The Balaban J connectivity index is 2.51. The summed E-state index contributed by atoms with van der Waals surface area (Å²) in [6, 6.07) is 5.11. The molecule has 0 amide bonds. The smallest absolute Gasteiger partial charge is 0.434 e. The first-order chi connectivity index (χ1) is 7.72. The van der Waals surface area contributed by atoms with Gasteiger partial charge in [-0.1, -0.05) is 0 Å². The van der Waals surface area contributed by atoms with Crippen molar-refractivity contribution in [2.24, 2.45) is 0 Å². The second-order valence-electron chi connectivity index (χ2n) is 3.02. The van der Waals surface area contributed by atoms with Crippen LogP contribution in [0.25, 0.3) is 11.5 Å². The zero-order valence-electron chi connectivity index (χ0n) is 8.81. The number of aromatic amines is 1. The average molecular weight is 222 g/mol. The molecule has 0 atom stereocenters. The fourth-order valence-electron chi connectivity index (χ4n) is 1.28. The maximum atomic E-state index is 10.8. The van der Waals surface area contributed by atoms with Crippen molar-refractivity contribution < 1.29 is 13.9 Å². The van der Waals surface area contributed by atoms with Crippen LogP contribution in [0.4, 0.5) is 0 Å². The van der Waals surface area contributed by atoms with Crippen LogP contribution in [0.5, 0.6) is 11.5 Å². The number of ether oxygens (including phenoxy) is 2. The van der Waals surface area contributed by atoms with Crippen LogP contribution in [-0.2, 0) is 0 Å².